The normalized spacial score (nSPS) is 10.2. The summed E-state index contributed by atoms with van der Waals surface area (Å²) >= 11 is 0. The molecule has 0 unspecified atom stereocenters. The molecule has 0 amide bonds. The average molecular weight is 178 g/mol. The summed E-state index contributed by atoms with van der Waals surface area (Å²) in [5, 5.41) is 0. The molecule has 6 heteroatoms. The van der Waals surface area contributed by atoms with Gasteiger partial charge in [0.1, 0.15) is 0 Å². The van der Waals surface area contributed by atoms with E-state index in [-0.39, 0.29) is 5.88 Å². The largest absolute Gasteiger partial charge is 0.479 e. The van der Waals surface area contributed by atoms with Gasteiger partial charge in [0.25, 0.3) is 0 Å². The predicted octanol–water partition coefficient (Wildman–Crippen LogP) is -0.278. The molecule has 13 heavy (non-hydrogen) atoms. The highest BCUT2D eigenvalue weighted by Crippen LogP contribution is 2.13. The fraction of sp³-hybridized carbons (Fsp3) is 0.143. The van der Waals surface area contributed by atoms with Gasteiger partial charge < -0.3 is 4.74 Å². The molecule has 0 atom stereocenters. The van der Waals surface area contributed by atoms with Crippen molar-refractivity contribution < 1.29 is 4.74 Å². The second-order valence-electron chi connectivity index (χ2n) is 2.30. The van der Waals surface area contributed by atoms with Gasteiger partial charge in [-0.2, -0.15) is 4.98 Å². The summed E-state index contributed by atoms with van der Waals surface area (Å²) in [5.74, 6) is 0.187. The molecule has 6 nitrogen and oxygen atoms in total. The van der Waals surface area contributed by atoms with Gasteiger partial charge >= 0.3 is 5.69 Å². The smallest absolute Gasteiger partial charge is 0.349 e. The Balaban J connectivity index is 2.89. The van der Waals surface area contributed by atoms with Gasteiger partial charge in [0.05, 0.1) is 7.11 Å². The van der Waals surface area contributed by atoms with E-state index in [4.69, 9.17) is 4.74 Å². The topological polar surface area (TPSA) is 80.8 Å². The van der Waals surface area contributed by atoms with Crippen LogP contribution in [0.1, 0.15) is 0 Å². The Bertz CT molecular complexity index is 493. The molecule has 2 aromatic heterocycles. The van der Waals surface area contributed by atoms with E-state index in [1.165, 1.54) is 19.5 Å². The Kier molecular flexibility index (Phi) is 1.66. The van der Waals surface area contributed by atoms with Gasteiger partial charge in [0, 0.05) is 12.4 Å². The van der Waals surface area contributed by atoms with Crippen molar-refractivity contribution in [2.24, 2.45) is 0 Å². The summed E-state index contributed by atoms with van der Waals surface area (Å²) < 4.78 is 4.87. The maximum atomic E-state index is 10.9. The van der Waals surface area contributed by atoms with Crippen molar-refractivity contribution in [3.05, 3.63) is 22.9 Å². The maximum Gasteiger partial charge on any atom is 0.349 e. The van der Waals surface area contributed by atoms with E-state index in [9.17, 15) is 4.79 Å². The first-order valence-electron chi connectivity index (χ1n) is 3.56. The molecule has 2 aromatic rings. The highest BCUT2D eigenvalue weighted by molar-refractivity contribution is 5.74. The molecule has 0 saturated carbocycles. The van der Waals surface area contributed by atoms with Gasteiger partial charge in [-0.3, -0.25) is 4.98 Å². The van der Waals surface area contributed by atoms with Gasteiger partial charge in [-0.15, -0.1) is 0 Å². The van der Waals surface area contributed by atoms with E-state index in [2.05, 4.69) is 19.9 Å². The van der Waals surface area contributed by atoms with E-state index >= 15 is 0 Å². The fourth-order valence-electron chi connectivity index (χ4n) is 1.00. The molecule has 2 heterocycles. The van der Waals surface area contributed by atoms with Crippen molar-refractivity contribution in [3.8, 4) is 5.88 Å². The molecule has 0 aliphatic heterocycles. The number of nitrogens with one attached hydrogen (secondary N) is 1. The maximum absolute atomic E-state index is 10.9. The van der Waals surface area contributed by atoms with Crippen LogP contribution in [0.15, 0.2) is 17.2 Å². The van der Waals surface area contributed by atoms with Crippen LogP contribution in [0.4, 0.5) is 0 Å². The summed E-state index contributed by atoms with van der Waals surface area (Å²) in [6, 6.07) is 0. The van der Waals surface area contributed by atoms with Crippen molar-refractivity contribution >= 4 is 11.2 Å². The number of H-pyrrole nitrogens is 1. The number of hydrogen-bond donors (Lipinski definition) is 1. The minimum Gasteiger partial charge on any atom is -0.479 e. The molecule has 2 rings (SSSR count). The fourth-order valence-corrected chi connectivity index (χ4v) is 1.00. The van der Waals surface area contributed by atoms with Crippen LogP contribution in [0.2, 0.25) is 0 Å². The number of ether oxygens (including phenoxy) is 1. The summed E-state index contributed by atoms with van der Waals surface area (Å²) in [6.07, 6.45) is 2.99. The zero-order valence-electron chi connectivity index (χ0n) is 6.81. The van der Waals surface area contributed by atoms with Crippen molar-refractivity contribution in [2.45, 2.75) is 0 Å². The number of methoxy groups -OCH3 is 1. The average Bonchev–Trinajstić information content (AvgIpc) is 2.16. The molecular formula is C7H6N4O2. The van der Waals surface area contributed by atoms with Gasteiger partial charge in [0.2, 0.25) is 5.88 Å². The molecular weight excluding hydrogens is 172 g/mol. The first-order chi connectivity index (χ1) is 6.31. The molecule has 66 valence electrons. The third-order valence-electron chi connectivity index (χ3n) is 1.52. The van der Waals surface area contributed by atoms with E-state index in [1.54, 1.807) is 0 Å². The number of aromatic amines is 1. The Labute approximate surface area is 72.6 Å². The number of rotatable bonds is 1. The molecule has 0 bridgehead atoms. The zero-order chi connectivity index (χ0) is 9.26. The summed E-state index contributed by atoms with van der Waals surface area (Å²) in [7, 11) is 1.43. The SMILES string of the molecule is COc1nc(=O)[nH]c2nccnc12. The van der Waals surface area contributed by atoms with Gasteiger partial charge in [-0.25, -0.2) is 14.8 Å². The first-order valence-corrected chi connectivity index (χ1v) is 3.56. The molecule has 0 radical (unpaired) electrons. The number of aromatic nitrogens is 4. The Morgan fingerprint density at radius 1 is 1.38 bits per heavy atom. The first kappa shape index (κ1) is 7.66. The lowest BCUT2D eigenvalue weighted by Crippen LogP contribution is -2.12. The molecule has 0 aromatic carbocycles. The monoisotopic (exact) mass is 178 g/mol. The minimum atomic E-state index is -0.496. The van der Waals surface area contributed by atoms with Gasteiger partial charge in [-0.05, 0) is 0 Å². The molecule has 1 N–H and O–H groups in total. The third kappa shape index (κ3) is 1.22. The van der Waals surface area contributed by atoms with Crippen molar-refractivity contribution in [2.75, 3.05) is 7.11 Å². The van der Waals surface area contributed by atoms with Crippen LogP contribution in [0.25, 0.3) is 11.2 Å². The lowest BCUT2D eigenvalue weighted by atomic mass is 10.5. The quantitative estimate of drug-likeness (QED) is 0.649. The summed E-state index contributed by atoms with van der Waals surface area (Å²) in [5.41, 5.74) is 0.328. The van der Waals surface area contributed by atoms with Crippen LogP contribution in [0.5, 0.6) is 5.88 Å². The number of nitrogens with zero attached hydrogens (tertiary/aromatic N) is 3. The zero-order valence-corrected chi connectivity index (χ0v) is 6.81. The van der Waals surface area contributed by atoms with Crippen LogP contribution in [-0.2, 0) is 0 Å². The second-order valence-corrected chi connectivity index (χ2v) is 2.30. The van der Waals surface area contributed by atoms with Crippen LogP contribution >= 0.6 is 0 Å². The number of fused-ring (bicyclic) bond motifs is 1. The van der Waals surface area contributed by atoms with E-state index in [1.807, 2.05) is 0 Å². The van der Waals surface area contributed by atoms with Gasteiger partial charge in [0.15, 0.2) is 11.2 Å². The van der Waals surface area contributed by atoms with Crippen molar-refractivity contribution in [1.82, 2.24) is 19.9 Å². The lowest BCUT2D eigenvalue weighted by molar-refractivity contribution is 0.400. The minimum absolute atomic E-state index is 0.187. The van der Waals surface area contributed by atoms with Crippen LogP contribution < -0.4 is 10.4 Å². The lowest BCUT2D eigenvalue weighted by Gasteiger charge is -1.99. The second kappa shape index (κ2) is 2.81. The van der Waals surface area contributed by atoms with E-state index in [0.29, 0.717) is 11.2 Å². The Hall–Kier alpha value is -1.98. The van der Waals surface area contributed by atoms with E-state index < -0.39 is 5.69 Å². The van der Waals surface area contributed by atoms with Gasteiger partial charge in [-0.1, -0.05) is 0 Å². The summed E-state index contributed by atoms with van der Waals surface area (Å²) in [4.78, 5) is 24.9. The van der Waals surface area contributed by atoms with Crippen LogP contribution in [0.3, 0.4) is 0 Å². The Morgan fingerprint density at radius 2 is 2.15 bits per heavy atom. The van der Waals surface area contributed by atoms with Crippen molar-refractivity contribution in [3.63, 3.8) is 0 Å². The van der Waals surface area contributed by atoms with Crippen molar-refractivity contribution in [1.29, 1.82) is 0 Å². The molecule has 0 fully saturated rings. The van der Waals surface area contributed by atoms with E-state index in [0.717, 1.165) is 0 Å². The predicted molar refractivity (Wildman–Crippen MR) is 44.5 cm³/mol. The molecule has 0 spiro atoms. The summed E-state index contributed by atoms with van der Waals surface area (Å²) in [6.45, 7) is 0. The standard InChI is InChI=1S/C7H6N4O2/c1-13-6-4-5(9-3-2-8-4)10-7(12)11-6/h2-3H,1H3,(H,9,10,11,12). The van der Waals surface area contributed by atoms with Crippen LogP contribution in [-0.4, -0.2) is 27.0 Å². The molecule has 0 aliphatic rings. The molecule has 0 aliphatic carbocycles. The number of hydrogen-bond acceptors (Lipinski definition) is 5. The highest BCUT2D eigenvalue weighted by atomic mass is 16.5. The van der Waals surface area contributed by atoms with Crippen LogP contribution in [0, 0.1) is 0 Å². The highest BCUT2D eigenvalue weighted by Gasteiger charge is 2.05. The Morgan fingerprint density at radius 3 is 2.92 bits per heavy atom. The molecule has 0 saturated heterocycles. The third-order valence-corrected chi connectivity index (χ3v) is 1.52.